The van der Waals surface area contributed by atoms with Gasteiger partial charge in [-0.2, -0.15) is 4.31 Å². The van der Waals surface area contributed by atoms with Crippen molar-refractivity contribution < 1.29 is 12.9 Å². The lowest BCUT2D eigenvalue weighted by Gasteiger charge is -2.24. The fourth-order valence-electron chi connectivity index (χ4n) is 3.97. The van der Waals surface area contributed by atoms with Crippen molar-refractivity contribution in [3.8, 4) is 0 Å². The van der Waals surface area contributed by atoms with E-state index < -0.39 is 10.0 Å². The zero-order chi connectivity index (χ0) is 21.5. The van der Waals surface area contributed by atoms with Crippen LogP contribution in [0.5, 0.6) is 0 Å². The zero-order valence-corrected chi connectivity index (χ0v) is 18.3. The van der Waals surface area contributed by atoms with E-state index in [1.807, 2.05) is 38.1 Å². The summed E-state index contributed by atoms with van der Waals surface area (Å²) in [5.41, 5.74) is 3.77. The van der Waals surface area contributed by atoms with Gasteiger partial charge in [-0.3, -0.25) is 4.98 Å². The molecule has 1 N–H and O–H groups in total. The number of hydrogen-bond acceptors (Lipinski definition) is 7. The van der Waals surface area contributed by atoms with Crippen LogP contribution in [0, 0.1) is 27.7 Å². The van der Waals surface area contributed by atoms with Crippen molar-refractivity contribution in [1.82, 2.24) is 19.4 Å². The first-order chi connectivity index (χ1) is 14.3. The van der Waals surface area contributed by atoms with Gasteiger partial charge in [0.1, 0.15) is 16.4 Å². The number of nitrogens with one attached hydrogen (secondary N) is 1. The first-order valence-electron chi connectivity index (χ1n) is 9.89. The molecule has 8 nitrogen and oxygen atoms in total. The monoisotopic (exact) mass is 427 g/mol. The van der Waals surface area contributed by atoms with Crippen molar-refractivity contribution in [2.45, 2.75) is 51.5 Å². The predicted octanol–water partition coefficient (Wildman–Crippen LogP) is 3.97. The summed E-state index contributed by atoms with van der Waals surface area (Å²) in [4.78, 5) is 9.20. The molecule has 1 fully saturated rings. The van der Waals surface area contributed by atoms with E-state index >= 15 is 0 Å². The molecule has 0 spiro atoms. The molecule has 4 rings (SSSR count). The van der Waals surface area contributed by atoms with Crippen LogP contribution in [0.15, 0.2) is 39.9 Å². The summed E-state index contributed by atoms with van der Waals surface area (Å²) in [7, 11) is -3.74. The maximum Gasteiger partial charge on any atom is 0.249 e. The summed E-state index contributed by atoms with van der Waals surface area (Å²) in [6.07, 6.45) is 3.21. The Morgan fingerprint density at radius 2 is 2.00 bits per heavy atom. The third-order valence-corrected chi connectivity index (χ3v) is 7.48. The third kappa shape index (κ3) is 3.70. The van der Waals surface area contributed by atoms with Gasteiger partial charge in [0, 0.05) is 24.1 Å². The van der Waals surface area contributed by atoms with Gasteiger partial charge in [0.15, 0.2) is 5.76 Å². The van der Waals surface area contributed by atoms with E-state index in [1.54, 1.807) is 20.0 Å². The van der Waals surface area contributed by atoms with E-state index in [1.165, 1.54) is 4.31 Å². The molecule has 1 saturated heterocycles. The van der Waals surface area contributed by atoms with Crippen LogP contribution in [-0.2, 0) is 10.0 Å². The number of pyridine rings is 2. The largest absolute Gasteiger partial charge is 0.360 e. The molecule has 0 aliphatic carbocycles. The third-order valence-electron chi connectivity index (χ3n) is 5.33. The number of hydrogen-bond donors (Lipinski definition) is 1. The van der Waals surface area contributed by atoms with E-state index in [-0.39, 0.29) is 10.9 Å². The van der Waals surface area contributed by atoms with Gasteiger partial charge in [-0.15, -0.1) is 0 Å². The molecule has 158 valence electrons. The second-order valence-corrected chi connectivity index (χ2v) is 9.47. The Kier molecular flexibility index (Phi) is 5.33. The summed E-state index contributed by atoms with van der Waals surface area (Å²) in [6, 6.07) is 7.37. The highest BCUT2D eigenvalue weighted by Crippen LogP contribution is 2.38. The molecule has 0 radical (unpaired) electrons. The molecule has 0 unspecified atom stereocenters. The summed E-state index contributed by atoms with van der Waals surface area (Å²) in [6.45, 7) is 7.60. The number of aromatic nitrogens is 3. The van der Waals surface area contributed by atoms with Crippen LogP contribution in [0.25, 0.3) is 0 Å². The molecule has 1 aliphatic heterocycles. The normalized spacial score (nSPS) is 17.4. The molecular formula is C21H25N5O3S. The van der Waals surface area contributed by atoms with E-state index in [0.717, 1.165) is 34.9 Å². The predicted molar refractivity (Wildman–Crippen MR) is 113 cm³/mol. The molecule has 3 aromatic rings. The lowest BCUT2D eigenvalue weighted by atomic mass is 10.1. The number of aryl methyl sites for hydroxylation is 4. The molecule has 30 heavy (non-hydrogen) atoms. The van der Waals surface area contributed by atoms with Crippen LogP contribution in [0.4, 0.5) is 11.5 Å². The molecule has 0 amide bonds. The molecule has 9 heteroatoms. The molecule has 0 aromatic carbocycles. The Labute approximate surface area is 176 Å². The Morgan fingerprint density at radius 3 is 2.70 bits per heavy atom. The number of anilines is 2. The molecule has 4 heterocycles. The SMILES string of the molecule is Cc1cc(Nc2ncccc2C)cc([C@H]2CCCN2S(=O)(=O)c2c(C)noc2C)n1. The fraction of sp³-hybridized carbons (Fsp3) is 0.381. The van der Waals surface area contributed by atoms with E-state index in [0.29, 0.717) is 24.4 Å². The Morgan fingerprint density at radius 1 is 1.20 bits per heavy atom. The molecule has 3 aromatic heterocycles. The second kappa shape index (κ2) is 7.81. The van der Waals surface area contributed by atoms with Crippen molar-refractivity contribution in [2.24, 2.45) is 0 Å². The zero-order valence-electron chi connectivity index (χ0n) is 17.5. The van der Waals surface area contributed by atoms with Crippen LogP contribution < -0.4 is 5.32 Å². The van der Waals surface area contributed by atoms with Gasteiger partial charge >= 0.3 is 0 Å². The standard InChI is InChI=1S/C21H25N5O3S/c1-13-7-5-9-22-21(13)24-17-11-14(2)23-18(12-17)19-8-6-10-26(19)30(27,28)20-15(3)25-29-16(20)4/h5,7,9,11-12,19H,6,8,10H2,1-4H3,(H,22,23,24)/t19-/m1/s1. The Bertz CT molecular complexity index is 1170. The topological polar surface area (TPSA) is 101 Å². The Balaban J connectivity index is 1.70. The lowest BCUT2D eigenvalue weighted by molar-refractivity contribution is 0.381. The average Bonchev–Trinajstić information content (AvgIpc) is 3.31. The highest BCUT2D eigenvalue weighted by molar-refractivity contribution is 7.89. The highest BCUT2D eigenvalue weighted by atomic mass is 32.2. The minimum Gasteiger partial charge on any atom is -0.360 e. The van der Waals surface area contributed by atoms with Crippen molar-refractivity contribution in [1.29, 1.82) is 0 Å². The number of sulfonamides is 1. The lowest BCUT2D eigenvalue weighted by Crippen LogP contribution is -2.31. The summed E-state index contributed by atoms with van der Waals surface area (Å²) in [5.74, 6) is 1.07. The second-order valence-electron chi connectivity index (χ2n) is 7.64. The minimum absolute atomic E-state index is 0.157. The molecule has 0 saturated carbocycles. The van der Waals surface area contributed by atoms with Crippen molar-refractivity contribution in [2.75, 3.05) is 11.9 Å². The van der Waals surface area contributed by atoms with Crippen molar-refractivity contribution in [3.05, 3.63) is 58.9 Å². The number of rotatable bonds is 5. The Hall–Kier alpha value is -2.78. The molecule has 1 aliphatic rings. The van der Waals surface area contributed by atoms with Crippen LogP contribution in [0.3, 0.4) is 0 Å². The van der Waals surface area contributed by atoms with Crippen molar-refractivity contribution >= 4 is 21.5 Å². The van der Waals surface area contributed by atoms with E-state index in [9.17, 15) is 8.42 Å². The van der Waals surface area contributed by atoms with Crippen LogP contribution in [-0.4, -0.2) is 34.4 Å². The van der Waals surface area contributed by atoms with Gasteiger partial charge in [0.05, 0.1) is 11.7 Å². The maximum atomic E-state index is 13.4. The highest BCUT2D eigenvalue weighted by Gasteiger charge is 2.40. The van der Waals surface area contributed by atoms with Crippen LogP contribution >= 0.6 is 0 Å². The fourth-order valence-corrected chi connectivity index (χ4v) is 5.94. The summed E-state index contributed by atoms with van der Waals surface area (Å²) < 4.78 is 33.4. The van der Waals surface area contributed by atoms with Gasteiger partial charge in [-0.25, -0.2) is 13.4 Å². The average molecular weight is 428 g/mol. The van der Waals surface area contributed by atoms with Crippen molar-refractivity contribution in [3.63, 3.8) is 0 Å². The van der Waals surface area contributed by atoms with Gasteiger partial charge in [-0.1, -0.05) is 11.2 Å². The van der Waals surface area contributed by atoms with Gasteiger partial charge in [0.25, 0.3) is 0 Å². The first-order valence-corrected chi connectivity index (χ1v) is 11.3. The van der Waals surface area contributed by atoms with E-state index in [2.05, 4.69) is 20.4 Å². The quantitative estimate of drug-likeness (QED) is 0.657. The first kappa shape index (κ1) is 20.5. The van der Waals surface area contributed by atoms with E-state index in [4.69, 9.17) is 4.52 Å². The van der Waals surface area contributed by atoms with Gasteiger partial charge in [0.2, 0.25) is 10.0 Å². The maximum absolute atomic E-state index is 13.4. The minimum atomic E-state index is -3.74. The van der Waals surface area contributed by atoms with Gasteiger partial charge < -0.3 is 9.84 Å². The molecule has 0 bridgehead atoms. The number of nitrogens with zero attached hydrogens (tertiary/aromatic N) is 4. The van der Waals surface area contributed by atoms with Crippen LogP contribution in [0.1, 0.15) is 47.3 Å². The smallest absolute Gasteiger partial charge is 0.249 e. The van der Waals surface area contributed by atoms with Gasteiger partial charge in [-0.05, 0) is 64.3 Å². The molecule has 1 atom stereocenters. The van der Waals surface area contributed by atoms with Crippen LogP contribution in [0.2, 0.25) is 0 Å². The summed E-state index contributed by atoms with van der Waals surface area (Å²) >= 11 is 0. The summed E-state index contributed by atoms with van der Waals surface area (Å²) in [5, 5.41) is 7.15. The molecular weight excluding hydrogens is 402 g/mol.